The summed E-state index contributed by atoms with van der Waals surface area (Å²) in [6.45, 7) is 6.87. The quantitative estimate of drug-likeness (QED) is 0.765. The lowest BCUT2D eigenvalue weighted by molar-refractivity contribution is 0.0129. The van der Waals surface area contributed by atoms with Crippen LogP contribution < -0.4 is 5.32 Å². The molecule has 0 radical (unpaired) electrons. The van der Waals surface area contributed by atoms with E-state index < -0.39 is 0 Å². The second-order valence-electron chi connectivity index (χ2n) is 8.14. The van der Waals surface area contributed by atoms with Crippen LogP contribution in [0.15, 0.2) is 0 Å². The number of hydrogen-bond acceptors (Lipinski definition) is 3. The molecule has 2 aliphatic carbocycles. The van der Waals surface area contributed by atoms with Crippen molar-refractivity contribution in [1.29, 1.82) is 0 Å². The first kappa shape index (κ1) is 15.8. The molecule has 2 atom stereocenters. The van der Waals surface area contributed by atoms with E-state index in [9.17, 15) is 5.11 Å². The molecular formula is C18H34N2O. The van der Waals surface area contributed by atoms with E-state index in [2.05, 4.69) is 17.1 Å². The summed E-state index contributed by atoms with van der Waals surface area (Å²) in [5.74, 6) is 0.443. The van der Waals surface area contributed by atoms with Crippen LogP contribution in [0.25, 0.3) is 0 Å². The number of likely N-dealkylation sites (tertiary alicyclic amines) is 1. The van der Waals surface area contributed by atoms with Gasteiger partial charge >= 0.3 is 0 Å². The second kappa shape index (κ2) is 6.97. The number of hydrogen-bond donors (Lipinski definition) is 2. The van der Waals surface area contributed by atoms with E-state index in [0.717, 1.165) is 25.6 Å². The van der Waals surface area contributed by atoms with Crippen LogP contribution >= 0.6 is 0 Å². The van der Waals surface area contributed by atoms with Crippen LogP contribution in [-0.4, -0.2) is 48.3 Å². The summed E-state index contributed by atoms with van der Waals surface area (Å²) in [5.41, 5.74) is 0.501. The van der Waals surface area contributed by atoms with Crippen LogP contribution in [-0.2, 0) is 0 Å². The molecule has 0 amide bonds. The monoisotopic (exact) mass is 294 g/mol. The van der Waals surface area contributed by atoms with E-state index >= 15 is 0 Å². The first-order valence-corrected chi connectivity index (χ1v) is 9.31. The van der Waals surface area contributed by atoms with Gasteiger partial charge in [0.25, 0.3) is 0 Å². The Balaban J connectivity index is 1.59. The van der Waals surface area contributed by atoms with Gasteiger partial charge < -0.3 is 15.3 Å². The molecule has 3 nitrogen and oxygen atoms in total. The smallest absolute Gasteiger partial charge is 0.0590 e. The fourth-order valence-electron chi connectivity index (χ4n) is 4.36. The Bertz CT molecular complexity index is 321. The Labute approximate surface area is 130 Å². The van der Waals surface area contributed by atoms with Crippen molar-refractivity contribution in [2.45, 2.75) is 76.9 Å². The van der Waals surface area contributed by atoms with E-state index in [1.54, 1.807) is 0 Å². The van der Waals surface area contributed by atoms with Gasteiger partial charge in [-0.15, -0.1) is 0 Å². The number of nitrogens with one attached hydrogen (secondary N) is 1. The van der Waals surface area contributed by atoms with Crippen LogP contribution in [0.1, 0.15) is 64.7 Å². The molecule has 1 aliphatic heterocycles. The van der Waals surface area contributed by atoms with E-state index in [-0.39, 0.29) is 6.10 Å². The van der Waals surface area contributed by atoms with Crippen molar-refractivity contribution in [3.63, 3.8) is 0 Å². The number of aliphatic hydroxyl groups is 1. The topological polar surface area (TPSA) is 35.5 Å². The number of piperidine rings is 1. The third-order valence-electron chi connectivity index (χ3n) is 6.01. The molecule has 122 valence electrons. The van der Waals surface area contributed by atoms with Crippen LogP contribution in [0, 0.1) is 11.3 Å². The van der Waals surface area contributed by atoms with Gasteiger partial charge in [-0.25, -0.2) is 0 Å². The van der Waals surface area contributed by atoms with Crippen molar-refractivity contribution in [2.24, 2.45) is 11.3 Å². The predicted octanol–water partition coefficient (Wildman–Crippen LogP) is 2.78. The molecule has 1 saturated heterocycles. The van der Waals surface area contributed by atoms with Gasteiger partial charge in [-0.05, 0) is 43.4 Å². The standard InChI is InChI=1S/C18H34N2O/c1-15-12-20(11-8-17(15)21)14-18(13-19-16-6-7-16)9-4-2-3-5-10-18/h15-17,19,21H,2-14H2,1H3. The summed E-state index contributed by atoms with van der Waals surface area (Å²) < 4.78 is 0. The molecule has 3 heteroatoms. The lowest BCUT2D eigenvalue weighted by atomic mass is 9.78. The van der Waals surface area contributed by atoms with E-state index in [1.165, 1.54) is 64.5 Å². The number of aliphatic hydroxyl groups excluding tert-OH is 1. The molecule has 21 heavy (non-hydrogen) atoms. The summed E-state index contributed by atoms with van der Waals surface area (Å²) in [7, 11) is 0. The van der Waals surface area contributed by atoms with Crippen molar-refractivity contribution >= 4 is 0 Å². The summed E-state index contributed by atoms with van der Waals surface area (Å²) in [4.78, 5) is 2.65. The molecule has 0 aromatic carbocycles. The van der Waals surface area contributed by atoms with Crippen molar-refractivity contribution in [3.05, 3.63) is 0 Å². The molecule has 0 aromatic rings. The zero-order chi connectivity index (χ0) is 14.7. The fourth-order valence-corrected chi connectivity index (χ4v) is 4.36. The average molecular weight is 294 g/mol. The maximum atomic E-state index is 9.96. The average Bonchev–Trinajstić information content (AvgIpc) is 3.29. The van der Waals surface area contributed by atoms with Crippen LogP contribution in [0.3, 0.4) is 0 Å². The summed E-state index contributed by atoms with van der Waals surface area (Å²) in [6.07, 6.45) is 12.2. The molecule has 3 fully saturated rings. The molecule has 2 saturated carbocycles. The molecule has 3 aliphatic rings. The Morgan fingerprint density at radius 3 is 2.43 bits per heavy atom. The lowest BCUT2D eigenvalue weighted by Crippen LogP contribution is -2.49. The minimum Gasteiger partial charge on any atom is -0.393 e. The van der Waals surface area contributed by atoms with E-state index in [1.807, 2.05) is 0 Å². The molecule has 0 bridgehead atoms. The highest BCUT2D eigenvalue weighted by atomic mass is 16.3. The fraction of sp³-hybridized carbons (Fsp3) is 1.00. The molecule has 2 N–H and O–H groups in total. The predicted molar refractivity (Wildman–Crippen MR) is 87.4 cm³/mol. The van der Waals surface area contributed by atoms with E-state index in [0.29, 0.717) is 11.3 Å². The maximum Gasteiger partial charge on any atom is 0.0590 e. The SMILES string of the molecule is CC1CN(CC2(CNC3CC3)CCCCCC2)CCC1O. The molecule has 3 rings (SSSR count). The van der Waals surface area contributed by atoms with Gasteiger partial charge in [0, 0.05) is 32.2 Å². The van der Waals surface area contributed by atoms with Gasteiger partial charge in [-0.3, -0.25) is 0 Å². The van der Waals surface area contributed by atoms with Gasteiger partial charge in [-0.2, -0.15) is 0 Å². The van der Waals surface area contributed by atoms with Gasteiger partial charge in [0.1, 0.15) is 0 Å². The first-order valence-electron chi connectivity index (χ1n) is 9.31. The normalized spacial score (nSPS) is 34.6. The highest BCUT2D eigenvalue weighted by Crippen LogP contribution is 2.37. The van der Waals surface area contributed by atoms with Crippen molar-refractivity contribution in [3.8, 4) is 0 Å². The Morgan fingerprint density at radius 1 is 1.10 bits per heavy atom. The Morgan fingerprint density at radius 2 is 1.81 bits per heavy atom. The van der Waals surface area contributed by atoms with Gasteiger partial charge in [0.2, 0.25) is 0 Å². The van der Waals surface area contributed by atoms with Crippen molar-refractivity contribution < 1.29 is 5.11 Å². The zero-order valence-electron chi connectivity index (χ0n) is 13.8. The first-order chi connectivity index (χ1) is 10.2. The zero-order valence-corrected chi connectivity index (χ0v) is 13.8. The Hall–Kier alpha value is -0.120. The largest absolute Gasteiger partial charge is 0.393 e. The highest BCUT2D eigenvalue weighted by molar-refractivity contribution is 4.92. The van der Waals surface area contributed by atoms with Gasteiger partial charge in [-0.1, -0.05) is 32.6 Å². The summed E-state index contributed by atoms with van der Waals surface area (Å²) >= 11 is 0. The molecule has 0 aromatic heterocycles. The van der Waals surface area contributed by atoms with E-state index in [4.69, 9.17) is 0 Å². The molecule has 2 unspecified atom stereocenters. The van der Waals surface area contributed by atoms with Crippen LogP contribution in [0.5, 0.6) is 0 Å². The third-order valence-corrected chi connectivity index (χ3v) is 6.01. The molecule has 0 spiro atoms. The minimum absolute atomic E-state index is 0.0732. The summed E-state index contributed by atoms with van der Waals surface area (Å²) in [5, 5.41) is 13.8. The van der Waals surface area contributed by atoms with Crippen LogP contribution in [0.4, 0.5) is 0 Å². The Kier molecular flexibility index (Phi) is 5.23. The third kappa shape index (κ3) is 4.43. The lowest BCUT2D eigenvalue weighted by Gasteiger charge is -2.42. The minimum atomic E-state index is -0.0732. The van der Waals surface area contributed by atoms with Crippen molar-refractivity contribution in [1.82, 2.24) is 10.2 Å². The number of nitrogens with zero attached hydrogens (tertiary/aromatic N) is 1. The van der Waals surface area contributed by atoms with Gasteiger partial charge in [0.15, 0.2) is 0 Å². The number of rotatable bonds is 5. The van der Waals surface area contributed by atoms with Gasteiger partial charge in [0.05, 0.1) is 6.10 Å². The molecular weight excluding hydrogens is 260 g/mol. The second-order valence-corrected chi connectivity index (χ2v) is 8.14. The highest BCUT2D eigenvalue weighted by Gasteiger charge is 2.36. The van der Waals surface area contributed by atoms with Crippen LogP contribution in [0.2, 0.25) is 0 Å². The van der Waals surface area contributed by atoms with Crippen molar-refractivity contribution in [2.75, 3.05) is 26.2 Å². The maximum absolute atomic E-state index is 9.96. The molecule has 1 heterocycles. The summed E-state index contributed by atoms with van der Waals surface area (Å²) in [6, 6.07) is 0.826.